The van der Waals surface area contributed by atoms with E-state index in [1.165, 1.54) is 6.92 Å². The highest BCUT2D eigenvalue weighted by Crippen LogP contribution is 2.19. The molecule has 0 aliphatic carbocycles. The Labute approximate surface area is 237 Å². The molecule has 0 aliphatic heterocycles. The number of benzene rings is 1. The Kier molecular flexibility index (Phi) is 14.5. The van der Waals surface area contributed by atoms with Gasteiger partial charge in [-0.1, -0.05) is 50.1 Å². The van der Waals surface area contributed by atoms with Crippen LogP contribution in [-0.2, 0) is 29.2 Å². The summed E-state index contributed by atoms with van der Waals surface area (Å²) in [6, 6.07) is 13.5. The summed E-state index contributed by atoms with van der Waals surface area (Å²) >= 11 is 0. The van der Waals surface area contributed by atoms with Crippen molar-refractivity contribution < 1.29 is 14.3 Å². The lowest BCUT2D eigenvalue weighted by Gasteiger charge is -2.12. The van der Waals surface area contributed by atoms with E-state index in [1.807, 2.05) is 56.3 Å². The number of ketones is 1. The van der Waals surface area contributed by atoms with E-state index in [4.69, 9.17) is 4.74 Å². The van der Waals surface area contributed by atoms with Gasteiger partial charge >= 0.3 is 0 Å². The number of H-pyrrole nitrogens is 1. The van der Waals surface area contributed by atoms with Gasteiger partial charge in [0.2, 0.25) is 5.91 Å². The van der Waals surface area contributed by atoms with Gasteiger partial charge in [0.05, 0.1) is 0 Å². The highest BCUT2D eigenvalue weighted by molar-refractivity contribution is 6.38. The molecular formula is C31H42N6O3. The van der Waals surface area contributed by atoms with Crippen molar-refractivity contribution in [3.63, 3.8) is 0 Å². The predicted molar refractivity (Wildman–Crippen MR) is 159 cm³/mol. The Hall–Kier alpha value is -4.27. The molecule has 1 atom stereocenters. The number of imidazole rings is 1. The first-order valence-electron chi connectivity index (χ1n) is 13.6. The summed E-state index contributed by atoms with van der Waals surface area (Å²) in [6.45, 7) is 11.0. The molecular weight excluding hydrogens is 504 g/mol. The van der Waals surface area contributed by atoms with Crippen LogP contribution in [0.4, 0.5) is 0 Å². The van der Waals surface area contributed by atoms with Gasteiger partial charge in [0.1, 0.15) is 18.2 Å². The summed E-state index contributed by atoms with van der Waals surface area (Å²) < 4.78 is 5.77. The number of carbonyl (C=O) groups is 2. The molecule has 3 N–H and O–H groups in total. The molecule has 9 nitrogen and oxygen atoms in total. The lowest BCUT2D eigenvalue weighted by molar-refractivity contribution is -0.122. The number of nitrogens with zero attached hydrogens (tertiary/aromatic N) is 3. The SMILES string of the molecule is CC(=O)C(=NCCc1ccccn1)NC=C(C)C.CCC(C)CC(=O)NCc1ccccc1OCc1ncc[nH]1. The molecule has 1 unspecified atom stereocenters. The number of Topliss-reactive ketones (excluding diaryl/α,β-unsaturated/α-hetero) is 1. The molecule has 0 spiro atoms. The van der Waals surface area contributed by atoms with Crippen LogP contribution in [0.1, 0.15) is 64.5 Å². The van der Waals surface area contributed by atoms with Crippen LogP contribution in [0.5, 0.6) is 5.75 Å². The number of allylic oxidation sites excluding steroid dienone is 1. The van der Waals surface area contributed by atoms with Gasteiger partial charge in [-0.2, -0.15) is 0 Å². The third-order valence-electron chi connectivity index (χ3n) is 5.79. The van der Waals surface area contributed by atoms with Crippen molar-refractivity contribution >= 4 is 17.5 Å². The van der Waals surface area contributed by atoms with Crippen LogP contribution in [0.15, 0.2) is 77.8 Å². The normalized spacial score (nSPS) is 11.5. The van der Waals surface area contributed by atoms with Crippen LogP contribution in [0.3, 0.4) is 0 Å². The average Bonchev–Trinajstić information content (AvgIpc) is 3.47. The first-order valence-corrected chi connectivity index (χ1v) is 13.6. The lowest BCUT2D eigenvalue weighted by Crippen LogP contribution is -2.26. The number of aromatic amines is 1. The van der Waals surface area contributed by atoms with Gasteiger partial charge in [-0.15, -0.1) is 0 Å². The zero-order valence-electron chi connectivity index (χ0n) is 24.2. The van der Waals surface area contributed by atoms with Gasteiger partial charge in [-0.05, 0) is 38.0 Å². The van der Waals surface area contributed by atoms with Crippen molar-refractivity contribution in [2.24, 2.45) is 10.9 Å². The predicted octanol–water partition coefficient (Wildman–Crippen LogP) is 5.17. The fourth-order valence-corrected chi connectivity index (χ4v) is 3.34. The molecule has 3 aromatic rings. The number of pyridine rings is 1. The molecule has 3 rings (SSSR count). The van der Waals surface area contributed by atoms with Gasteiger partial charge in [0.25, 0.3) is 0 Å². The summed E-state index contributed by atoms with van der Waals surface area (Å²) in [6.07, 6.45) is 9.29. The van der Waals surface area contributed by atoms with E-state index >= 15 is 0 Å². The molecule has 2 heterocycles. The van der Waals surface area contributed by atoms with Crippen molar-refractivity contribution in [1.29, 1.82) is 0 Å². The van der Waals surface area contributed by atoms with Crippen molar-refractivity contribution in [2.75, 3.05) is 6.54 Å². The topological polar surface area (TPSA) is 121 Å². The van der Waals surface area contributed by atoms with Crippen LogP contribution in [0.2, 0.25) is 0 Å². The van der Waals surface area contributed by atoms with Crippen molar-refractivity contribution in [3.8, 4) is 5.75 Å². The number of aromatic nitrogens is 3. The average molecular weight is 547 g/mol. The molecule has 0 saturated carbocycles. The summed E-state index contributed by atoms with van der Waals surface area (Å²) in [5, 5.41) is 5.88. The minimum atomic E-state index is -0.0616. The van der Waals surface area contributed by atoms with Crippen LogP contribution in [0.25, 0.3) is 0 Å². The molecule has 1 aromatic carbocycles. The highest BCUT2D eigenvalue weighted by atomic mass is 16.5. The maximum Gasteiger partial charge on any atom is 0.220 e. The number of amides is 1. The van der Waals surface area contributed by atoms with E-state index < -0.39 is 0 Å². The van der Waals surface area contributed by atoms with E-state index in [0.717, 1.165) is 41.2 Å². The van der Waals surface area contributed by atoms with Crippen molar-refractivity contribution in [1.82, 2.24) is 25.6 Å². The summed E-state index contributed by atoms with van der Waals surface area (Å²) in [7, 11) is 0. The van der Waals surface area contributed by atoms with E-state index in [1.54, 1.807) is 24.8 Å². The fraction of sp³-hybridized carbons (Fsp3) is 0.387. The van der Waals surface area contributed by atoms with Gasteiger partial charge in [-0.3, -0.25) is 19.6 Å². The zero-order valence-corrected chi connectivity index (χ0v) is 24.2. The van der Waals surface area contributed by atoms with E-state index in [2.05, 4.69) is 44.4 Å². The molecule has 2 aromatic heterocycles. The minimum absolute atomic E-state index is 0.0616. The summed E-state index contributed by atoms with van der Waals surface area (Å²) in [5.74, 6) is 2.36. The monoisotopic (exact) mass is 546 g/mol. The van der Waals surface area contributed by atoms with Crippen LogP contribution in [0, 0.1) is 5.92 Å². The molecule has 1 amide bonds. The Morgan fingerprint density at radius 3 is 2.50 bits per heavy atom. The maximum absolute atomic E-state index is 11.9. The van der Waals surface area contributed by atoms with Crippen LogP contribution in [-0.4, -0.2) is 39.0 Å². The number of nitrogens with one attached hydrogen (secondary N) is 3. The molecule has 0 aliphatic rings. The Morgan fingerprint density at radius 2 is 1.85 bits per heavy atom. The van der Waals surface area contributed by atoms with Crippen LogP contribution >= 0.6 is 0 Å². The van der Waals surface area contributed by atoms with Crippen molar-refractivity contribution in [3.05, 3.63) is 89.9 Å². The second kappa shape index (κ2) is 18.1. The number of rotatable bonds is 13. The largest absolute Gasteiger partial charge is 0.485 e. The molecule has 0 bridgehead atoms. The Bertz CT molecular complexity index is 1220. The molecule has 9 heteroatoms. The number of para-hydroxylation sites is 1. The minimum Gasteiger partial charge on any atom is -0.485 e. The maximum atomic E-state index is 11.9. The fourth-order valence-electron chi connectivity index (χ4n) is 3.34. The molecule has 0 saturated heterocycles. The van der Waals surface area contributed by atoms with Gasteiger partial charge in [0, 0.05) is 68.9 Å². The zero-order chi connectivity index (χ0) is 29.2. The second-order valence-electron chi connectivity index (χ2n) is 9.65. The third kappa shape index (κ3) is 13.0. The number of hydrogen-bond donors (Lipinski definition) is 3. The van der Waals surface area contributed by atoms with Gasteiger partial charge in [-0.25, -0.2) is 4.98 Å². The molecule has 214 valence electrons. The lowest BCUT2D eigenvalue weighted by atomic mass is 10.0. The smallest absolute Gasteiger partial charge is 0.220 e. The number of hydrogen-bond acceptors (Lipinski definition) is 6. The number of aliphatic imine (C=N–C) groups is 1. The summed E-state index contributed by atoms with van der Waals surface area (Å²) in [4.78, 5) is 38.8. The van der Waals surface area contributed by atoms with Gasteiger partial charge in [0.15, 0.2) is 11.6 Å². The highest BCUT2D eigenvalue weighted by Gasteiger charge is 2.09. The molecule has 0 radical (unpaired) electrons. The quantitative estimate of drug-likeness (QED) is 0.201. The Balaban J connectivity index is 0.000000286. The number of amidine groups is 1. The van der Waals surface area contributed by atoms with E-state index in [-0.39, 0.29) is 11.7 Å². The second-order valence-corrected chi connectivity index (χ2v) is 9.65. The van der Waals surface area contributed by atoms with E-state index in [9.17, 15) is 9.59 Å². The van der Waals surface area contributed by atoms with E-state index in [0.29, 0.717) is 37.9 Å². The first-order chi connectivity index (χ1) is 19.3. The molecule has 40 heavy (non-hydrogen) atoms. The number of ether oxygens (including phenoxy) is 1. The Morgan fingerprint density at radius 1 is 1.07 bits per heavy atom. The standard InChI is InChI=1S/C17H23N3O2.C14H19N3O/c1-3-13(2)10-17(21)20-11-14-6-4-5-7-15(14)22-12-16-18-8-9-19-16;1-11(2)10-17-14(12(3)18)16-9-7-13-6-4-5-8-15-13/h4-9,13H,3,10-12H2,1-2H3,(H,18,19)(H,20,21);4-6,8,10H,7,9H2,1-3H3,(H,16,17). The van der Waals surface area contributed by atoms with Crippen molar-refractivity contribution in [2.45, 2.75) is 67.0 Å². The first kappa shape index (κ1) is 31.9. The third-order valence-corrected chi connectivity index (χ3v) is 5.79. The van der Waals surface area contributed by atoms with Crippen LogP contribution < -0.4 is 15.4 Å². The molecule has 0 fully saturated rings. The number of carbonyl (C=O) groups excluding carboxylic acids is 2. The summed E-state index contributed by atoms with van der Waals surface area (Å²) in [5.41, 5.74) is 3.03. The van der Waals surface area contributed by atoms with Gasteiger partial charge < -0.3 is 20.4 Å².